The summed E-state index contributed by atoms with van der Waals surface area (Å²) in [5.41, 5.74) is 0.535. The molecule has 0 aliphatic heterocycles. The number of hydrogen-bond donors (Lipinski definition) is 1. The Morgan fingerprint density at radius 3 is 2.29 bits per heavy atom. The lowest BCUT2D eigenvalue weighted by Gasteiger charge is -2.25. The van der Waals surface area contributed by atoms with Gasteiger partial charge in [-0.25, -0.2) is 4.39 Å². The molecule has 0 spiro atoms. The molecule has 0 radical (unpaired) electrons. The van der Waals surface area contributed by atoms with Crippen LogP contribution in [0, 0.1) is 5.82 Å². The van der Waals surface area contributed by atoms with Crippen molar-refractivity contribution in [3.05, 3.63) is 35.6 Å². The normalized spacial score (nSPS) is 13.2. The van der Waals surface area contributed by atoms with Gasteiger partial charge in [0.2, 0.25) is 9.70 Å². The van der Waals surface area contributed by atoms with Crippen LogP contribution < -0.4 is 5.32 Å². The van der Waals surface area contributed by atoms with Crippen molar-refractivity contribution in [3.63, 3.8) is 0 Å². The van der Waals surface area contributed by atoms with Crippen molar-refractivity contribution in [3.8, 4) is 0 Å². The second-order valence-electron chi connectivity index (χ2n) is 3.45. The minimum absolute atomic E-state index is 0.245. The van der Waals surface area contributed by atoms with E-state index in [0.717, 1.165) is 0 Å². The number of amides is 1. The van der Waals surface area contributed by atoms with Crippen molar-refractivity contribution in [1.29, 1.82) is 0 Å². The molecule has 0 bridgehead atoms. The van der Waals surface area contributed by atoms with Gasteiger partial charge in [-0.3, -0.25) is 4.79 Å². The first-order valence-electron chi connectivity index (χ1n) is 4.96. The Labute approximate surface area is 114 Å². The predicted octanol–water partition coefficient (Wildman–Crippen LogP) is 3.76. The van der Waals surface area contributed by atoms with Gasteiger partial charge in [-0.05, 0) is 17.7 Å². The fraction of sp³-hybridized carbons (Fsp3) is 0.364. The highest BCUT2D eigenvalue weighted by molar-refractivity contribution is 6.68. The molecule has 0 saturated carbocycles. The highest BCUT2D eigenvalue weighted by atomic mass is 35.6. The van der Waals surface area contributed by atoms with Gasteiger partial charge >= 0.3 is 0 Å². The maximum absolute atomic E-state index is 12.8. The number of nitrogens with one attached hydrogen (secondary N) is 1. The van der Waals surface area contributed by atoms with Crippen LogP contribution in [0.4, 0.5) is 4.39 Å². The van der Waals surface area contributed by atoms with Crippen LogP contribution in [-0.2, 0) is 4.79 Å². The van der Waals surface area contributed by atoms with Crippen molar-refractivity contribution in [2.75, 3.05) is 0 Å². The Morgan fingerprint density at radius 2 is 1.88 bits per heavy atom. The lowest BCUT2D eigenvalue weighted by molar-refractivity contribution is -0.121. The first-order chi connectivity index (χ1) is 7.84. The second-order valence-corrected chi connectivity index (χ2v) is 5.82. The van der Waals surface area contributed by atoms with Crippen molar-refractivity contribution in [2.45, 2.75) is 23.2 Å². The van der Waals surface area contributed by atoms with Gasteiger partial charge in [0.1, 0.15) is 11.9 Å². The number of hydrogen-bond acceptors (Lipinski definition) is 1. The van der Waals surface area contributed by atoms with Gasteiger partial charge in [0, 0.05) is 6.42 Å². The number of carbonyl (C=O) groups excluding carboxylic acids is 1. The van der Waals surface area contributed by atoms with Crippen LogP contribution in [0.5, 0.6) is 0 Å². The lowest BCUT2D eigenvalue weighted by atomic mass is 10.1. The van der Waals surface area contributed by atoms with Gasteiger partial charge in [0.15, 0.2) is 0 Å². The Balaban J connectivity index is 2.98. The Kier molecular flexibility index (Phi) is 5.04. The standard InChI is InChI=1S/C11H11Cl3FNO/c1-2-9(17)16-10(11(12,13)14)7-3-5-8(15)6-4-7/h3-6,10H,2H2,1H3,(H,16,17). The molecule has 1 rings (SSSR count). The zero-order chi connectivity index (χ0) is 13.1. The number of carbonyl (C=O) groups is 1. The van der Waals surface area contributed by atoms with Crippen LogP contribution in [0.1, 0.15) is 24.9 Å². The number of rotatable bonds is 3. The van der Waals surface area contributed by atoms with Crippen LogP contribution in [0.25, 0.3) is 0 Å². The molecule has 0 aliphatic rings. The van der Waals surface area contributed by atoms with E-state index in [4.69, 9.17) is 34.8 Å². The molecule has 1 N–H and O–H groups in total. The lowest BCUT2D eigenvalue weighted by Crippen LogP contribution is -2.36. The number of halogens is 4. The van der Waals surface area contributed by atoms with E-state index in [0.29, 0.717) is 5.56 Å². The van der Waals surface area contributed by atoms with Crippen molar-refractivity contribution in [1.82, 2.24) is 5.32 Å². The molecule has 1 amide bonds. The van der Waals surface area contributed by atoms with E-state index in [1.165, 1.54) is 24.3 Å². The first kappa shape index (κ1) is 14.6. The van der Waals surface area contributed by atoms with E-state index in [1.54, 1.807) is 6.92 Å². The molecule has 0 aliphatic carbocycles. The molecule has 0 saturated heterocycles. The average molecular weight is 299 g/mol. The quantitative estimate of drug-likeness (QED) is 0.846. The van der Waals surface area contributed by atoms with Gasteiger partial charge in [0.25, 0.3) is 0 Å². The summed E-state index contributed by atoms with van der Waals surface area (Å²) in [6, 6.07) is 4.63. The average Bonchev–Trinajstić information content (AvgIpc) is 2.25. The van der Waals surface area contributed by atoms with Crippen LogP contribution in [0.3, 0.4) is 0 Å². The Morgan fingerprint density at radius 1 is 1.35 bits per heavy atom. The summed E-state index contributed by atoms with van der Waals surface area (Å²) < 4.78 is 11.1. The van der Waals surface area contributed by atoms with Crippen LogP contribution in [-0.4, -0.2) is 9.70 Å². The summed E-state index contributed by atoms with van der Waals surface area (Å²) in [4.78, 5) is 11.3. The van der Waals surface area contributed by atoms with E-state index >= 15 is 0 Å². The maximum atomic E-state index is 12.8. The first-order valence-corrected chi connectivity index (χ1v) is 6.09. The SMILES string of the molecule is CCC(=O)NC(c1ccc(F)cc1)C(Cl)(Cl)Cl. The van der Waals surface area contributed by atoms with Crippen LogP contribution in [0.2, 0.25) is 0 Å². The number of alkyl halides is 3. The van der Waals surface area contributed by atoms with Crippen molar-refractivity contribution >= 4 is 40.7 Å². The van der Waals surface area contributed by atoms with E-state index in [9.17, 15) is 9.18 Å². The molecular formula is C11H11Cl3FNO. The van der Waals surface area contributed by atoms with Gasteiger partial charge in [-0.1, -0.05) is 53.9 Å². The predicted molar refractivity (Wildman–Crippen MR) is 67.9 cm³/mol. The summed E-state index contributed by atoms with van der Waals surface area (Å²) in [6.45, 7) is 1.69. The Hall–Kier alpha value is -0.510. The molecule has 1 atom stereocenters. The van der Waals surface area contributed by atoms with E-state index in [2.05, 4.69) is 5.32 Å². The third-order valence-electron chi connectivity index (χ3n) is 2.16. The van der Waals surface area contributed by atoms with Gasteiger partial charge in [0.05, 0.1) is 0 Å². The smallest absolute Gasteiger partial charge is 0.220 e. The highest BCUT2D eigenvalue weighted by Gasteiger charge is 2.34. The molecule has 0 aromatic heterocycles. The fourth-order valence-electron chi connectivity index (χ4n) is 1.27. The van der Waals surface area contributed by atoms with Gasteiger partial charge in [-0.15, -0.1) is 0 Å². The molecule has 17 heavy (non-hydrogen) atoms. The Bertz CT molecular complexity index is 389. The summed E-state index contributed by atoms with van der Waals surface area (Å²) in [6.07, 6.45) is 0.276. The topological polar surface area (TPSA) is 29.1 Å². The molecular weight excluding hydrogens is 287 g/mol. The molecule has 1 aromatic rings. The van der Waals surface area contributed by atoms with E-state index in [1.807, 2.05) is 0 Å². The summed E-state index contributed by atoms with van der Waals surface area (Å²) in [5, 5.41) is 2.59. The van der Waals surface area contributed by atoms with Gasteiger partial charge < -0.3 is 5.32 Å². The molecule has 1 aromatic carbocycles. The fourth-order valence-corrected chi connectivity index (χ4v) is 1.81. The third kappa shape index (κ3) is 4.34. The highest BCUT2D eigenvalue weighted by Crippen LogP contribution is 2.39. The van der Waals surface area contributed by atoms with Gasteiger partial charge in [-0.2, -0.15) is 0 Å². The monoisotopic (exact) mass is 297 g/mol. The molecule has 1 unspecified atom stereocenters. The molecule has 0 fully saturated rings. The third-order valence-corrected chi connectivity index (χ3v) is 2.81. The van der Waals surface area contributed by atoms with E-state index in [-0.39, 0.29) is 12.3 Å². The van der Waals surface area contributed by atoms with Crippen LogP contribution in [0.15, 0.2) is 24.3 Å². The summed E-state index contributed by atoms with van der Waals surface area (Å²) in [5.74, 6) is -0.635. The zero-order valence-electron chi connectivity index (χ0n) is 9.01. The van der Waals surface area contributed by atoms with Crippen molar-refractivity contribution in [2.24, 2.45) is 0 Å². The summed E-state index contributed by atoms with van der Waals surface area (Å²) >= 11 is 17.4. The molecule has 2 nitrogen and oxygen atoms in total. The molecule has 94 valence electrons. The minimum Gasteiger partial charge on any atom is -0.345 e. The van der Waals surface area contributed by atoms with E-state index < -0.39 is 15.7 Å². The largest absolute Gasteiger partial charge is 0.345 e. The maximum Gasteiger partial charge on any atom is 0.220 e. The number of benzene rings is 1. The molecule has 6 heteroatoms. The minimum atomic E-state index is -1.69. The summed E-state index contributed by atoms with van der Waals surface area (Å²) in [7, 11) is 0. The van der Waals surface area contributed by atoms with Crippen LogP contribution >= 0.6 is 34.8 Å². The second kappa shape index (κ2) is 5.89. The van der Waals surface area contributed by atoms with Crippen molar-refractivity contribution < 1.29 is 9.18 Å². The molecule has 0 heterocycles. The zero-order valence-corrected chi connectivity index (χ0v) is 11.3.